The number of halogens is 1. The van der Waals surface area contributed by atoms with Crippen LogP contribution in [0.4, 0.5) is 0 Å². The molecule has 144 valence electrons. The second-order valence-electron chi connectivity index (χ2n) is 6.08. The molecule has 0 aromatic heterocycles. The highest BCUT2D eigenvalue weighted by Gasteiger charge is 2.12. The molecule has 0 saturated heterocycles. The van der Waals surface area contributed by atoms with E-state index < -0.39 is 10.0 Å². The van der Waals surface area contributed by atoms with Crippen LogP contribution in [0.3, 0.4) is 0 Å². The maximum Gasteiger partial charge on any atom is 0.240 e. The fourth-order valence-electron chi connectivity index (χ4n) is 1.94. The third-order valence-corrected chi connectivity index (χ3v) is 4.84. The van der Waals surface area contributed by atoms with Crippen LogP contribution in [-0.2, 0) is 10.0 Å². The van der Waals surface area contributed by atoms with E-state index in [2.05, 4.69) is 34.2 Å². The number of aliphatic imine (C=N–C) groups is 1. The SMILES string of the molecule is CCNC(=NCCC(C)C)NCCNS(=O)(=O)c1ccc(C)cc1.I. The first-order valence-electron chi connectivity index (χ1n) is 8.43. The lowest BCUT2D eigenvalue weighted by Gasteiger charge is -2.12. The first kappa shape index (κ1) is 24.1. The second-order valence-corrected chi connectivity index (χ2v) is 7.85. The van der Waals surface area contributed by atoms with E-state index in [0.29, 0.717) is 25.0 Å². The Morgan fingerprint density at radius 2 is 1.76 bits per heavy atom. The monoisotopic (exact) mass is 482 g/mol. The molecule has 8 heteroatoms. The molecule has 0 aliphatic carbocycles. The molecule has 1 aromatic rings. The number of sulfonamides is 1. The number of hydrogen-bond acceptors (Lipinski definition) is 3. The Labute approximate surface area is 169 Å². The maximum absolute atomic E-state index is 12.2. The van der Waals surface area contributed by atoms with Crippen LogP contribution in [-0.4, -0.2) is 40.6 Å². The van der Waals surface area contributed by atoms with Crippen LogP contribution in [0.15, 0.2) is 34.2 Å². The van der Waals surface area contributed by atoms with E-state index in [0.717, 1.165) is 25.1 Å². The molecular weight excluding hydrogens is 451 g/mol. The third-order valence-electron chi connectivity index (χ3n) is 3.36. The van der Waals surface area contributed by atoms with Gasteiger partial charge in [-0.15, -0.1) is 24.0 Å². The van der Waals surface area contributed by atoms with Crippen LogP contribution in [0.5, 0.6) is 0 Å². The van der Waals surface area contributed by atoms with Crippen LogP contribution < -0.4 is 15.4 Å². The fraction of sp³-hybridized carbons (Fsp3) is 0.588. The molecule has 1 rings (SSSR count). The molecule has 25 heavy (non-hydrogen) atoms. The van der Waals surface area contributed by atoms with Gasteiger partial charge < -0.3 is 10.6 Å². The summed E-state index contributed by atoms with van der Waals surface area (Å²) in [4.78, 5) is 4.76. The van der Waals surface area contributed by atoms with E-state index in [1.807, 2.05) is 13.8 Å². The number of benzene rings is 1. The van der Waals surface area contributed by atoms with E-state index in [9.17, 15) is 8.42 Å². The average molecular weight is 482 g/mol. The average Bonchev–Trinajstić information content (AvgIpc) is 2.51. The summed E-state index contributed by atoms with van der Waals surface area (Å²) in [6.07, 6.45) is 1.02. The minimum atomic E-state index is -3.47. The van der Waals surface area contributed by atoms with Crippen molar-refractivity contribution in [2.45, 2.75) is 39.0 Å². The molecule has 0 fully saturated rings. The Morgan fingerprint density at radius 1 is 1.12 bits per heavy atom. The summed E-state index contributed by atoms with van der Waals surface area (Å²) in [6, 6.07) is 6.81. The molecule has 0 bridgehead atoms. The minimum Gasteiger partial charge on any atom is -0.357 e. The van der Waals surface area contributed by atoms with Gasteiger partial charge >= 0.3 is 0 Å². The quantitative estimate of drug-likeness (QED) is 0.219. The molecule has 0 heterocycles. The molecule has 0 aliphatic rings. The number of nitrogens with one attached hydrogen (secondary N) is 3. The van der Waals surface area contributed by atoms with Crippen molar-refractivity contribution in [2.75, 3.05) is 26.2 Å². The highest BCUT2D eigenvalue weighted by molar-refractivity contribution is 14.0. The first-order chi connectivity index (χ1) is 11.3. The van der Waals surface area contributed by atoms with E-state index >= 15 is 0 Å². The van der Waals surface area contributed by atoms with Gasteiger partial charge in [-0.3, -0.25) is 4.99 Å². The number of hydrogen-bond donors (Lipinski definition) is 3. The number of nitrogens with zero attached hydrogens (tertiary/aromatic N) is 1. The van der Waals surface area contributed by atoms with Gasteiger partial charge in [-0.1, -0.05) is 31.5 Å². The summed E-state index contributed by atoms with van der Waals surface area (Å²) in [6.45, 7) is 10.5. The van der Waals surface area contributed by atoms with Crippen molar-refractivity contribution in [3.8, 4) is 0 Å². The fourth-order valence-corrected chi connectivity index (χ4v) is 2.98. The van der Waals surface area contributed by atoms with Crippen LogP contribution in [0.25, 0.3) is 0 Å². The lowest BCUT2D eigenvalue weighted by atomic mass is 10.1. The van der Waals surface area contributed by atoms with Gasteiger partial charge in [0, 0.05) is 26.2 Å². The Morgan fingerprint density at radius 3 is 2.32 bits per heavy atom. The van der Waals surface area contributed by atoms with Crippen molar-refractivity contribution in [1.82, 2.24) is 15.4 Å². The van der Waals surface area contributed by atoms with E-state index in [4.69, 9.17) is 0 Å². The molecule has 0 atom stereocenters. The van der Waals surface area contributed by atoms with Gasteiger partial charge in [0.2, 0.25) is 10.0 Å². The standard InChI is InChI=1S/C17H30N4O2S.HI/c1-5-18-17(19-11-10-14(2)3)20-12-13-21-24(22,23)16-8-6-15(4)7-9-16;/h6-9,14,21H,5,10-13H2,1-4H3,(H2,18,19,20);1H. The Balaban J connectivity index is 0.00000576. The van der Waals surface area contributed by atoms with Gasteiger partial charge in [0.15, 0.2) is 5.96 Å². The van der Waals surface area contributed by atoms with Crippen molar-refractivity contribution in [3.05, 3.63) is 29.8 Å². The van der Waals surface area contributed by atoms with Gasteiger partial charge in [-0.25, -0.2) is 13.1 Å². The van der Waals surface area contributed by atoms with E-state index in [1.54, 1.807) is 24.3 Å². The van der Waals surface area contributed by atoms with E-state index in [-0.39, 0.29) is 28.9 Å². The summed E-state index contributed by atoms with van der Waals surface area (Å²) < 4.78 is 26.9. The Kier molecular flexibility index (Phi) is 12.0. The van der Waals surface area contributed by atoms with Gasteiger partial charge in [0.1, 0.15) is 0 Å². The molecule has 3 N–H and O–H groups in total. The summed E-state index contributed by atoms with van der Waals surface area (Å²) in [5.74, 6) is 1.32. The molecular formula is C17H31IN4O2S. The first-order valence-corrected chi connectivity index (χ1v) is 9.92. The number of aryl methyl sites for hydroxylation is 1. The molecule has 6 nitrogen and oxygen atoms in total. The second kappa shape index (κ2) is 12.5. The highest BCUT2D eigenvalue weighted by atomic mass is 127. The van der Waals surface area contributed by atoms with Gasteiger partial charge in [0.25, 0.3) is 0 Å². The number of guanidine groups is 1. The minimum absolute atomic E-state index is 0. The molecule has 0 unspecified atom stereocenters. The predicted molar refractivity (Wildman–Crippen MR) is 115 cm³/mol. The molecule has 0 spiro atoms. The summed E-state index contributed by atoms with van der Waals surface area (Å²) in [5, 5.41) is 6.29. The molecule has 0 radical (unpaired) electrons. The molecule has 0 saturated carbocycles. The van der Waals surface area contributed by atoms with E-state index in [1.165, 1.54) is 0 Å². The van der Waals surface area contributed by atoms with Crippen molar-refractivity contribution in [2.24, 2.45) is 10.9 Å². The Bertz CT molecular complexity index is 616. The van der Waals surface area contributed by atoms with Crippen molar-refractivity contribution < 1.29 is 8.42 Å². The topological polar surface area (TPSA) is 82.6 Å². The molecule has 0 amide bonds. The van der Waals surface area contributed by atoms with Crippen molar-refractivity contribution >= 4 is 40.0 Å². The van der Waals surface area contributed by atoms with Crippen LogP contribution in [0.2, 0.25) is 0 Å². The van der Waals surface area contributed by atoms with Crippen LogP contribution >= 0.6 is 24.0 Å². The third kappa shape index (κ3) is 10.0. The van der Waals surface area contributed by atoms with Crippen LogP contribution in [0.1, 0.15) is 32.8 Å². The normalized spacial score (nSPS) is 12.0. The summed E-state index contributed by atoms with van der Waals surface area (Å²) >= 11 is 0. The summed E-state index contributed by atoms with van der Waals surface area (Å²) in [5.41, 5.74) is 1.03. The zero-order valence-corrected chi connectivity index (χ0v) is 18.6. The molecule has 0 aliphatic heterocycles. The number of rotatable bonds is 9. The zero-order valence-electron chi connectivity index (χ0n) is 15.5. The molecule has 1 aromatic carbocycles. The predicted octanol–water partition coefficient (Wildman–Crippen LogP) is 2.49. The smallest absolute Gasteiger partial charge is 0.240 e. The van der Waals surface area contributed by atoms with Crippen molar-refractivity contribution in [3.63, 3.8) is 0 Å². The van der Waals surface area contributed by atoms with Crippen molar-refractivity contribution in [1.29, 1.82) is 0 Å². The maximum atomic E-state index is 12.2. The summed E-state index contributed by atoms with van der Waals surface area (Å²) in [7, 11) is -3.47. The van der Waals surface area contributed by atoms with Gasteiger partial charge in [0.05, 0.1) is 4.90 Å². The largest absolute Gasteiger partial charge is 0.357 e. The lowest BCUT2D eigenvalue weighted by Crippen LogP contribution is -2.41. The van der Waals surface area contributed by atoms with Crippen LogP contribution in [0, 0.1) is 12.8 Å². The van der Waals surface area contributed by atoms with Gasteiger partial charge in [-0.2, -0.15) is 0 Å². The Hall–Kier alpha value is -0.870. The highest BCUT2D eigenvalue weighted by Crippen LogP contribution is 2.09. The lowest BCUT2D eigenvalue weighted by molar-refractivity contribution is 0.579. The zero-order chi connectivity index (χ0) is 18.0. The van der Waals surface area contributed by atoms with Gasteiger partial charge in [-0.05, 0) is 38.3 Å².